The number of hydrogen-bond donors (Lipinski definition) is 0. The van der Waals surface area contributed by atoms with Crippen LogP contribution in [-0.2, 0) is 0 Å². The lowest BCUT2D eigenvalue weighted by Gasteiger charge is -2.10. The summed E-state index contributed by atoms with van der Waals surface area (Å²) in [7, 11) is 3.16. The summed E-state index contributed by atoms with van der Waals surface area (Å²) in [5.74, 6) is 2.26. The van der Waals surface area contributed by atoms with Crippen molar-refractivity contribution in [3.05, 3.63) is 36.5 Å². The van der Waals surface area contributed by atoms with Gasteiger partial charge in [-0.15, -0.1) is 5.10 Å². The third kappa shape index (κ3) is 2.63. The van der Waals surface area contributed by atoms with Crippen LogP contribution < -0.4 is 14.2 Å². The number of methoxy groups -OCH3 is 2. The average molecular weight is 232 g/mol. The van der Waals surface area contributed by atoms with E-state index in [2.05, 4.69) is 10.2 Å². The molecule has 0 amide bonds. The topological polar surface area (TPSA) is 53.5 Å². The van der Waals surface area contributed by atoms with Gasteiger partial charge in [0.25, 0.3) is 0 Å². The molecule has 2 aromatic rings. The second kappa shape index (κ2) is 5.16. The fraction of sp³-hybridized carbons (Fsp3) is 0.167. The van der Waals surface area contributed by atoms with Gasteiger partial charge in [0.15, 0.2) is 11.5 Å². The molecule has 0 radical (unpaired) electrons. The van der Waals surface area contributed by atoms with Crippen LogP contribution in [0.1, 0.15) is 0 Å². The second-order valence-electron chi connectivity index (χ2n) is 3.18. The summed E-state index contributed by atoms with van der Waals surface area (Å²) in [5, 5.41) is 7.56. The van der Waals surface area contributed by atoms with Gasteiger partial charge in [-0.1, -0.05) is 0 Å². The maximum atomic E-state index is 5.55. The minimum absolute atomic E-state index is 0.413. The third-order valence-corrected chi connectivity index (χ3v) is 2.13. The van der Waals surface area contributed by atoms with Crippen molar-refractivity contribution in [3.63, 3.8) is 0 Å². The highest BCUT2D eigenvalue weighted by Gasteiger charge is 2.07. The van der Waals surface area contributed by atoms with E-state index in [1.807, 2.05) is 0 Å². The monoisotopic (exact) mass is 232 g/mol. The average Bonchev–Trinajstić information content (AvgIpc) is 2.40. The van der Waals surface area contributed by atoms with Gasteiger partial charge in [0, 0.05) is 18.3 Å². The molecule has 17 heavy (non-hydrogen) atoms. The molecule has 0 atom stereocenters. The molecule has 0 saturated carbocycles. The Morgan fingerprint density at radius 3 is 2.53 bits per heavy atom. The zero-order chi connectivity index (χ0) is 12.1. The Hall–Kier alpha value is -2.30. The van der Waals surface area contributed by atoms with Crippen molar-refractivity contribution in [2.24, 2.45) is 0 Å². The van der Waals surface area contributed by atoms with Crippen molar-refractivity contribution in [3.8, 4) is 23.1 Å². The summed E-state index contributed by atoms with van der Waals surface area (Å²) in [5.41, 5.74) is 0. The van der Waals surface area contributed by atoms with Crippen LogP contribution >= 0.6 is 0 Å². The molecule has 0 bridgehead atoms. The summed E-state index contributed by atoms with van der Waals surface area (Å²) in [6.45, 7) is 0. The molecule has 2 rings (SSSR count). The van der Waals surface area contributed by atoms with Gasteiger partial charge < -0.3 is 14.2 Å². The minimum atomic E-state index is 0.413. The first-order chi connectivity index (χ1) is 8.33. The molecule has 1 aromatic carbocycles. The lowest BCUT2D eigenvalue weighted by atomic mass is 10.3. The van der Waals surface area contributed by atoms with E-state index in [-0.39, 0.29) is 0 Å². The molecule has 0 fully saturated rings. The number of ether oxygens (including phenoxy) is 3. The third-order valence-electron chi connectivity index (χ3n) is 2.13. The Balaban J connectivity index is 2.26. The number of nitrogens with zero attached hydrogens (tertiary/aromatic N) is 2. The maximum absolute atomic E-state index is 5.55. The van der Waals surface area contributed by atoms with Gasteiger partial charge in [0.2, 0.25) is 5.88 Å². The van der Waals surface area contributed by atoms with Gasteiger partial charge in [-0.25, -0.2) is 0 Å². The van der Waals surface area contributed by atoms with Crippen LogP contribution in [0.2, 0.25) is 0 Å². The second-order valence-corrected chi connectivity index (χ2v) is 3.18. The fourth-order valence-corrected chi connectivity index (χ4v) is 1.31. The summed E-state index contributed by atoms with van der Waals surface area (Å²) in [6, 6.07) is 8.75. The molecule has 0 aliphatic heterocycles. The zero-order valence-corrected chi connectivity index (χ0v) is 9.58. The van der Waals surface area contributed by atoms with E-state index in [0.29, 0.717) is 23.1 Å². The SMILES string of the molecule is COc1ccc(Oc2cccnn2)c(OC)c1. The highest BCUT2D eigenvalue weighted by Crippen LogP contribution is 2.33. The Labute approximate surface area is 99.0 Å². The number of hydrogen-bond acceptors (Lipinski definition) is 5. The molecular formula is C12H12N2O3. The molecule has 5 heteroatoms. The molecule has 0 saturated heterocycles. The standard InChI is InChI=1S/C12H12N2O3/c1-15-9-5-6-10(11(8-9)16-2)17-12-4-3-7-13-14-12/h3-8H,1-2H3. The van der Waals surface area contributed by atoms with Gasteiger partial charge in [0.1, 0.15) is 5.75 Å². The van der Waals surface area contributed by atoms with Crippen molar-refractivity contribution < 1.29 is 14.2 Å². The zero-order valence-electron chi connectivity index (χ0n) is 9.58. The molecule has 0 aliphatic carbocycles. The first-order valence-electron chi connectivity index (χ1n) is 5.01. The van der Waals surface area contributed by atoms with E-state index in [4.69, 9.17) is 14.2 Å². The molecule has 0 spiro atoms. The molecule has 5 nitrogen and oxygen atoms in total. The Kier molecular flexibility index (Phi) is 3.40. The lowest BCUT2D eigenvalue weighted by Crippen LogP contribution is -1.93. The number of aromatic nitrogens is 2. The summed E-state index contributed by atoms with van der Waals surface area (Å²) < 4.78 is 15.9. The van der Waals surface area contributed by atoms with Crippen LogP contribution in [0.25, 0.3) is 0 Å². The van der Waals surface area contributed by atoms with Crippen LogP contribution in [0.3, 0.4) is 0 Å². The van der Waals surface area contributed by atoms with Gasteiger partial charge in [-0.2, -0.15) is 5.10 Å². The number of benzene rings is 1. The van der Waals surface area contributed by atoms with Gasteiger partial charge >= 0.3 is 0 Å². The summed E-state index contributed by atoms with van der Waals surface area (Å²) >= 11 is 0. The van der Waals surface area contributed by atoms with Gasteiger partial charge in [-0.3, -0.25) is 0 Å². The molecule has 1 heterocycles. The molecule has 0 aliphatic rings. The lowest BCUT2D eigenvalue weighted by molar-refractivity contribution is 0.364. The van der Waals surface area contributed by atoms with Crippen LogP contribution in [0.5, 0.6) is 23.1 Å². The van der Waals surface area contributed by atoms with Crippen LogP contribution in [0, 0.1) is 0 Å². The predicted molar refractivity (Wildman–Crippen MR) is 61.7 cm³/mol. The normalized spacial score (nSPS) is 9.76. The van der Waals surface area contributed by atoms with Crippen molar-refractivity contribution in [2.75, 3.05) is 14.2 Å². The molecular weight excluding hydrogens is 220 g/mol. The minimum Gasteiger partial charge on any atom is -0.497 e. The van der Waals surface area contributed by atoms with E-state index in [1.165, 1.54) is 0 Å². The predicted octanol–water partition coefficient (Wildman–Crippen LogP) is 2.29. The first-order valence-corrected chi connectivity index (χ1v) is 5.01. The molecule has 1 aromatic heterocycles. The Bertz CT molecular complexity index is 488. The van der Waals surface area contributed by atoms with Crippen LogP contribution in [0.15, 0.2) is 36.5 Å². The van der Waals surface area contributed by atoms with E-state index in [0.717, 1.165) is 0 Å². The van der Waals surface area contributed by atoms with Crippen LogP contribution in [-0.4, -0.2) is 24.4 Å². The van der Waals surface area contributed by atoms with Crippen molar-refractivity contribution in [2.45, 2.75) is 0 Å². The smallest absolute Gasteiger partial charge is 0.239 e. The van der Waals surface area contributed by atoms with E-state index in [1.54, 1.807) is 50.7 Å². The number of rotatable bonds is 4. The van der Waals surface area contributed by atoms with Crippen molar-refractivity contribution in [1.29, 1.82) is 0 Å². The first kappa shape index (κ1) is 11.2. The molecule has 0 N–H and O–H groups in total. The largest absolute Gasteiger partial charge is 0.497 e. The van der Waals surface area contributed by atoms with Gasteiger partial charge in [-0.05, 0) is 18.2 Å². The van der Waals surface area contributed by atoms with Crippen molar-refractivity contribution in [1.82, 2.24) is 10.2 Å². The van der Waals surface area contributed by atoms with E-state index in [9.17, 15) is 0 Å². The summed E-state index contributed by atoms with van der Waals surface area (Å²) in [6.07, 6.45) is 1.58. The fourth-order valence-electron chi connectivity index (χ4n) is 1.31. The highest BCUT2D eigenvalue weighted by atomic mass is 16.5. The van der Waals surface area contributed by atoms with Crippen molar-refractivity contribution >= 4 is 0 Å². The quantitative estimate of drug-likeness (QED) is 0.809. The molecule has 0 unspecified atom stereocenters. The highest BCUT2D eigenvalue weighted by molar-refractivity contribution is 5.46. The molecule has 88 valence electrons. The van der Waals surface area contributed by atoms with E-state index >= 15 is 0 Å². The maximum Gasteiger partial charge on any atom is 0.239 e. The van der Waals surface area contributed by atoms with E-state index < -0.39 is 0 Å². The van der Waals surface area contributed by atoms with Crippen LogP contribution in [0.4, 0.5) is 0 Å². The van der Waals surface area contributed by atoms with Gasteiger partial charge in [0.05, 0.1) is 14.2 Å². The summed E-state index contributed by atoms with van der Waals surface area (Å²) in [4.78, 5) is 0. The Morgan fingerprint density at radius 1 is 1.00 bits per heavy atom. The Morgan fingerprint density at radius 2 is 1.88 bits per heavy atom.